The van der Waals surface area contributed by atoms with E-state index in [1.807, 2.05) is 0 Å². The van der Waals surface area contributed by atoms with Gasteiger partial charge in [-0.2, -0.15) is 0 Å². The third-order valence-electron chi connectivity index (χ3n) is 2.90. The Kier molecular flexibility index (Phi) is 4.78. The predicted molar refractivity (Wildman–Crippen MR) is 57.8 cm³/mol. The lowest BCUT2D eigenvalue weighted by molar-refractivity contribution is -0.131. The molecule has 1 aliphatic heterocycles. The van der Waals surface area contributed by atoms with Crippen LogP contribution in [0.15, 0.2) is 12.2 Å². The van der Waals surface area contributed by atoms with Crippen molar-refractivity contribution in [3.05, 3.63) is 12.2 Å². The van der Waals surface area contributed by atoms with Gasteiger partial charge in [-0.1, -0.05) is 13.0 Å². The van der Waals surface area contributed by atoms with Crippen LogP contribution in [-0.2, 0) is 9.53 Å². The highest BCUT2D eigenvalue weighted by atomic mass is 16.5. The number of likely N-dealkylation sites (tertiary alicyclic amines) is 1. The van der Waals surface area contributed by atoms with Gasteiger partial charge in [0.1, 0.15) is 0 Å². The van der Waals surface area contributed by atoms with Crippen molar-refractivity contribution in [2.75, 3.05) is 26.7 Å². The quantitative estimate of drug-likeness (QED) is 0.707. The Morgan fingerprint density at radius 2 is 2.40 bits per heavy atom. The first-order valence-corrected chi connectivity index (χ1v) is 5.28. The summed E-state index contributed by atoms with van der Waals surface area (Å²) in [6.45, 7) is 4.80. The Labute approximate surface area is 90.5 Å². The molecule has 1 heterocycles. The molecular weight excluding hydrogens is 194 g/mol. The molecule has 1 rings (SSSR count). The van der Waals surface area contributed by atoms with Gasteiger partial charge in [-0.05, 0) is 18.9 Å². The summed E-state index contributed by atoms with van der Waals surface area (Å²) in [6, 6.07) is 0. The standard InChI is InChI=1S/C11H19NO3/c1-9-5-7-12(8-10(9)15-2)6-3-4-11(13)14/h3-4,9-10H,5-8H2,1-2H3,(H,13,14)/b4-3+. The summed E-state index contributed by atoms with van der Waals surface area (Å²) in [5.41, 5.74) is 0. The maximum Gasteiger partial charge on any atom is 0.328 e. The van der Waals surface area contributed by atoms with Crippen molar-refractivity contribution in [2.24, 2.45) is 5.92 Å². The molecule has 0 aromatic heterocycles. The number of ether oxygens (including phenoxy) is 1. The molecule has 0 bridgehead atoms. The lowest BCUT2D eigenvalue weighted by Crippen LogP contribution is -2.43. The number of piperidine rings is 1. The number of aliphatic carboxylic acids is 1. The Hall–Kier alpha value is -0.870. The molecule has 0 aromatic carbocycles. The van der Waals surface area contributed by atoms with E-state index < -0.39 is 5.97 Å². The lowest BCUT2D eigenvalue weighted by Gasteiger charge is -2.35. The third-order valence-corrected chi connectivity index (χ3v) is 2.90. The monoisotopic (exact) mass is 213 g/mol. The molecule has 0 saturated carbocycles. The highest BCUT2D eigenvalue weighted by Crippen LogP contribution is 2.18. The van der Waals surface area contributed by atoms with Gasteiger partial charge in [0, 0.05) is 26.3 Å². The van der Waals surface area contributed by atoms with E-state index in [0.717, 1.165) is 19.5 Å². The number of carboxylic acid groups (broad SMARTS) is 1. The highest BCUT2D eigenvalue weighted by Gasteiger charge is 2.24. The molecule has 4 heteroatoms. The summed E-state index contributed by atoms with van der Waals surface area (Å²) >= 11 is 0. The first-order chi connectivity index (χ1) is 7.13. The molecule has 4 nitrogen and oxygen atoms in total. The minimum atomic E-state index is -0.885. The van der Waals surface area contributed by atoms with Gasteiger partial charge in [0.05, 0.1) is 6.10 Å². The average Bonchev–Trinajstić information content (AvgIpc) is 2.20. The number of methoxy groups -OCH3 is 1. The zero-order chi connectivity index (χ0) is 11.3. The van der Waals surface area contributed by atoms with Crippen LogP contribution >= 0.6 is 0 Å². The van der Waals surface area contributed by atoms with Crippen LogP contribution in [0.4, 0.5) is 0 Å². The zero-order valence-electron chi connectivity index (χ0n) is 9.35. The van der Waals surface area contributed by atoms with Crippen LogP contribution in [0.25, 0.3) is 0 Å². The molecule has 0 aromatic rings. The number of hydrogen-bond acceptors (Lipinski definition) is 3. The van der Waals surface area contributed by atoms with Gasteiger partial charge in [-0.25, -0.2) is 4.79 Å². The zero-order valence-corrected chi connectivity index (χ0v) is 9.35. The van der Waals surface area contributed by atoms with E-state index in [2.05, 4.69) is 11.8 Å². The van der Waals surface area contributed by atoms with Crippen LogP contribution in [0, 0.1) is 5.92 Å². The second-order valence-corrected chi connectivity index (χ2v) is 4.04. The second-order valence-electron chi connectivity index (χ2n) is 4.04. The SMILES string of the molecule is COC1CN(C/C=C/C(=O)O)CCC1C. The molecule has 0 amide bonds. The minimum absolute atomic E-state index is 0.275. The molecule has 1 fully saturated rings. The van der Waals surface area contributed by atoms with Gasteiger partial charge in [-0.3, -0.25) is 4.90 Å². The molecule has 1 saturated heterocycles. The van der Waals surface area contributed by atoms with Crippen molar-refractivity contribution in [3.8, 4) is 0 Å². The summed E-state index contributed by atoms with van der Waals surface area (Å²) in [4.78, 5) is 12.5. The van der Waals surface area contributed by atoms with Crippen LogP contribution in [0.2, 0.25) is 0 Å². The van der Waals surface area contributed by atoms with Crippen LogP contribution in [-0.4, -0.2) is 48.8 Å². The van der Waals surface area contributed by atoms with Crippen LogP contribution in [0.3, 0.4) is 0 Å². The number of hydrogen-bond donors (Lipinski definition) is 1. The molecule has 0 radical (unpaired) electrons. The number of carboxylic acids is 1. The van der Waals surface area contributed by atoms with Crippen molar-refractivity contribution >= 4 is 5.97 Å². The van der Waals surface area contributed by atoms with Crippen molar-refractivity contribution in [1.82, 2.24) is 4.90 Å². The van der Waals surface area contributed by atoms with E-state index in [9.17, 15) is 4.79 Å². The van der Waals surface area contributed by atoms with E-state index >= 15 is 0 Å². The minimum Gasteiger partial charge on any atom is -0.478 e. The molecule has 2 unspecified atom stereocenters. The van der Waals surface area contributed by atoms with Crippen molar-refractivity contribution in [3.63, 3.8) is 0 Å². The maximum absolute atomic E-state index is 10.3. The summed E-state index contributed by atoms with van der Waals surface area (Å²) in [5.74, 6) is -0.293. The Morgan fingerprint density at radius 3 is 3.00 bits per heavy atom. The maximum atomic E-state index is 10.3. The Balaban J connectivity index is 2.35. The summed E-state index contributed by atoms with van der Waals surface area (Å²) in [7, 11) is 1.73. The third kappa shape index (κ3) is 4.01. The van der Waals surface area contributed by atoms with E-state index in [0.29, 0.717) is 12.5 Å². The van der Waals surface area contributed by atoms with Gasteiger partial charge in [0.15, 0.2) is 0 Å². The summed E-state index contributed by atoms with van der Waals surface area (Å²) < 4.78 is 5.38. The molecular formula is C11H19NO3. The molecule has 0 aliphatic carbocycles. The van der Waals surface area contributed by atoms with Gasteiger partial charge < -0.3 is 9.84 Å². The average molecular weight is 213 g/mol. The number of nitrogens with zero attached hydrogens (tertiary/aromatic N) is 1. The normalized spacial score (nSPS) is 28.4. The fourth-order valence-electron chi connectivity index (χ4n) is 1.87. The van der Waals surface area contributed by atoms with E-state index in [1.165, 1.54) is 6.08 Å². The summed E-state index contributed by atoms with van der Waals surface area (Å²) in [6.07, 6.45) is 4.27. The van der Waals surface area contributed by atoms with Crippen molar-refractivity contribution in [2.45, 2.75) is 19.4 Å². The van der Waals surface area contributed by atoms with Gasteiger partial charge in [-0.15, -0.1) is 0 Å². The Morgan fingerprint density at radius 1 is 1.67 bits per heavy atom. The lowest BCUT2D eigenvalue weighted by atomic mass is 9.96. The number of rotatable bonds is 4. The van der Waals surface area contributed by atoms with Crippen molar-refractivity contribution in [1.29, 1.82) is 0 Å². The largest absolute Gasteiger partial charge is 0.478 e. The predicted octanol–water partition coefficient (Wildman–Crippen LogP) is 0.984. The fraction of sp³-hybridized carbons (Fsp3) is 0.727. The van der Waals surface area contributed by atoms with Gasteiger partial charge >= 0.3 is 5.97 Å². The van der Waals surface area contributed by atoms with Crippen LogP contribution in [0.1, 0.15) is 13.3 Å². The fourth-order valence-corrected chi connectivity index (χ4v) is 1.87. The second kappa shape index (κ2) is 5.88. The van der Waals surface area contributed by atoms with Crippen molar-refractivity contribution < 1.29 is 14.6 Å². The number of carbonyl (C=O) groups is 1. The molecule has 1 N–H and O–H groups in total. The molecule has 1 aliphatic rings. The molecule has 0 spiro atoms. The van der Waals surface area contributed by atoms with Crippen LogP contribution in [0.5, 0.6) is 0 Å². The van der Waals surface area contributed by atoms with E-state index in [1.54, 1.807) is 13.2 Å². The topological polar surface area (TPSA) is 49.8 Å². The highest BCUT2D eigenvalue weighted by molar-refractivity contribution is 5.79. The van der Waals surface area contributed by atoms with Crippen LogP contribution < -0.4 is 0 Å². The summed E-state index contributed by atoms with van der Waals surface area (Å²) in [5, 5.41) is 8.45. The van der Waals surface area contributed by atoms with E-state index in [4.69, 9.17) is 9.84 Å². The van der Waals surface area contributed by atoms with E-state index in [-0.39, 0.29) is 6.10 Å². The Bertz CT molecular complexity index is 240. The smallest absolute Gasteiger partial charge is 0.328 e. The van der Waals surface area contributed by atoms with Gasteiger partial charge in [0.2, 0.25) is 0 Å². The van der Waals surface area contributed by atoms with Gasteiger partial charge in [0.25, 0.3) is 0 Å². The molecule has 15 heavy (non-hydrogen) atoms. The molecule has 2 atom stereocenters. The first-order valence-electron chi connectivity index (χ1n) is 5.28. The first kappa shape index (κ1) is 12.2. The molecule has 86 valence electrons.